The normalized spacial score (nSPS) is 10.9. The minimum atomic E-state index is -1.08. The Morgan fingerprint density at radius 2 is 2.26 bits per heavy atom. The van der Waals surface area contributed by atoms with Crippen molar-refractivity contribution < 1.29 is 9.90 Å². The number of allylic oxidation sites excluding steroid dienone is 1. The predicted octanol–water partition coefficient (Wildman–Crippen LogP) is 3.06. The van der Waals surface area contributed by atoms with Crippen molar-refractivity contribution in [2.75, 3.05) is 0 Å². The molecule has 5 nitrogen and oxygen atoms in total. The number of hydrogen-bond donors (Lipinski definition) is 1. The van der Waals surface area contributed by atoms with Crippen LogP contribution < -0.4 is 0 Å². The number of hydrogen-bond acceptors (Lipinski definition) is 3. The molecule has 1 N–H and O–H groups in total. The minimum absolute atomic E-state index is 0.0358. The molecule has 0 saturated heterocycles. The fraction of sp³-hybridized carbons (Fsp3) is 0.308. The number of carboxylic acid groups (broad SMARTS) is 1. The summed E-state index contributed by atoms with van der Waals surface area (Å²) in [5, 5.41) is 14.1. The highest BCUT2D eigenvalue weighted by Crippen LogP contribution is 2.28. The maximum absolute atomic E-state index is 11.1. The molecule has 0 spiro atoms. The van der Waals surface area contributed by atoms with Gasteiger partial charge in [0.1, 0.15) is 5.56 Å². The van der Waals surface area contributed by atoms with E-state index in [1.54, 1.807) is 17.8 Å². The summed E-state index contributed by atoms with van der Waals surface area (Å²) >= 11 is 6.13. The molecule has 19 heavy (non-hydrogen) atoms. The number of nitrogens with zero attached hydrogens (tertiary/aromatic N) is 3. The first-order valence-corrected chi connectivity index (χ1v) is 6.19. The molecule has 2 rings (SSSR count). The molecule has 0 saturated carbocycles. The number of aryl methyl sites for hydroxylation is 2. The molecule has 0 bridgehead atoms. The molecule has 0 unspecified atom stereocenters. The molecule has 0 atom stereocenters. The molecule has 0 fully saturated rings. The first kappa shape index (κ1) is 13.5. The molecule has 0 aliphatic heterocycles. The molecular formula is C13H14ClN3O2. The van der Waals surface area contributed by atoms with Crippen molar-refractivity contribution in [1.29, 1.82) is 0 Å². The lowest BCUT2D eigenvalue weighted by Gasteiger charge is -2.06. The van der Waals surface area contributed by atoms with Crippen LogP contribution in [-0.2, 0) is 6.54 Å². The van der Waals surface area contributed by atoms with Gasteiger partial charge in [0.15, 0.2) is 5.65 Å². The van der Waals surface area contributed by atoms with Crippen LogP contribution in [0.1, 0.15) is 29.4 Å². The zero-order chi connectivity index (χ0) is 14.2. The van der Waals surface area contributed by atoms with Crippen LogP contribution >= 0.6 is 11.6 Å². The van der Waals surface area contributed by atoms with Crippen LogP contribution in [0.4, 0.5) is 0 Å². The van der Waals surface area contributed by atoms with Gasteiger partial charge in [-0.3, -0.25) is 0 Å². The highest BCUT2D eigenvalue weighted by molar-refractivity contribution is 6.38. The van der Waals surface area contributed by atoms with E-state index in [9.17, 15) is 4.79 Å². The van der Waals surface area contributed by atoms with Gasteiger partial charge in [0.25, 0.3) is 0 Å². The van der Waals surface area contributed by atoms with Gasteiger partial charge in [-0.15, -0.1) is 6.58 Å². The summed E-state index contributed by atoms with van der Waals surface area (Å²) in [6.07, 6.45) is 2.34. The number of aromatic nitrogens is 3. The van der Waals surface area contributed by atoms with Crippen LogP contribution in [-0.4, -0.2) is 25.8 Å². The Bertz CT molecular complexity index is 676. The zero-order valence-corrected chi connectivity index (χ0v) is 11.5. The van der Waals surface area contributed by atoms with Gasteiger partial charge in [-0.1, -0.05) is 17.2 Å². The number of carbonyl (C=O) groups is 1. The molecule has 0 aliphatic carbocycles. The number of aromatic carboxylic acids is 1. The first-order chi connectivity index (χ1) is 8.91. The Balaban J connectivity index is 2.56. The van der Waals surface area contributed by atoms with Gasteiger partial charge in [-0.25, -0.2) is 14.5 Å². The molecule has 100 valence electrons. The van der Waals surface area contributed by atoms with Crippen molar-refractivity contribution in [3.63, 3.8) is 0 Å². The van der Waals surface area contributed by atoms with Gasteiger partial charge in [0.2, 0.25) is 0 Å². The third kappa shape index (κ3) is 2.46. The van der Waals surface area contributed by atoms with Gasteiger partial charge < -0.3 is 5.11 Å². The third-order valence-electron chi connectivity index (χ3n) is 2.87. The maximum Gasteiger partial charge on any atom is 0.339 e. The van der Waals surface area contributed by atoms with E-state index in [-0.39, 0.29) is 10.6 Å². The summed E-state index contributed by atoms with van der Waals surface area (Å²) in [6, 6.07) is 0. The van der Waals surface area contributed by atoms with E-state index >= 15 is 0 Å². The Hall–Kier alpha value is -1.88. The monoisotopic (exact) mass is 279 g/mol. The topological polar surface area (TPSA) is 68.0 Å². The van der Waals surface area contributed by atoms with Crippen molar-refractivity contribution in [3.05, 3.63) is 34.6 Å². The standard InChI is InChI=1S/C13H14ClN3O2/c1-7(2)4-5-17-12-9(6-15-17)11(14)10(13(18)19)8(3)16-12/h6H,1,4-5H2,2-3H3,(H,18,19). The molecular weight excluding hydrogens is 266 g/mol. The quantitative estimate of drug-likeness (QED) is 0.874. The second-order valence-electron chi connectivity index (χ2n) is 4.50. The average Bonchev–Trinajstić information content (AvgIpc) is 2.69. The molecule has 0 radical (unpaired) electrons. The second kappa shape index (κ2) is 5.01. The second-order valence-corrected chi connectivity index (χ2v) is 4.88. The van der Waals surface area contributed by atoms with Crippen LogP contribution in [0.15, 0.2) is 18.3 Å². The van der Waals surface area contributed by atoms with Gasteiger partial charge in [-0.2, -0.15) is 5.10 Å². The number of pyridine rings is 1. The zero-order valence-electron chi connectivity index (χ0n) is 10.8. The van der Waals surface area contributed by atoms with Crippen molar-refractivity contribution >= 4 is 28.6 Å². The average molecular weight is 280 g/mol. The molecule has 0 amide bonds. The van der Waals surface area contributed by atoms with E-state index < -0.39 is 5.97 Å². The van der Waals surface area contributed by atoms with Gasteiger partial charge in [0.05, 0.1) is 22.3 Å². The van der Waals surface area contributed by atoms with Crippen molar-refractivity contribution in [3.8, 4) is 0 Å². The van der Waals surface area contributed by atoms with E-state index in [0.29, 0.717) is 23.3 Å². The molecule has 2 aromatic rings. The number of fused-ring (bicyclic) bond motifs is 1. The first-order valence-electron chi connectivity index (χ1n) is 5.81. The Kier molecular flexibility index (Phi) is 3.57. The van der Waals surface area contributed by atoms with Crippen LogP contribution in [0.5, 0.6) is 0 Å². The van der Waals surface area contributed by atoms with Crippen molar-refractivity contribution in [2.24, 2.45) is 0 Å². The highest BCUT2D eigenvalue weighted by Gasteiger charge is 2.19. The fourth-order valence-corrected chi connectivity index (χ4v) is 2.22. The summed E-state index contributed by atoms with van der Waals surface area (Å²) < 4.78 is 1.72. The van der Waals surface area contributed by atoms with E-state index in [1.165, 1.54) is 0 Å². The SMILES string of the molecule is C=C(C)CCn1ncc2c(Cl)c(C(=O)O)c(C)nc21. The largest absolute Gasteiger partial charge is 0.478 e. The Morgan fingerprint density at radius 1 is 1.58 bits per heavy atom. The summed E-state index contributed by atoms with van der Waals surface area (Å²) in [5.41, 5.74) is 2.08. The van der Waals surface area contributed by atoms with Crippen molar-refractivity contribution in [2.45, 2.75) is 26.8 Å². The van der Waals surface area contributed by atoms with E-state index in [2.05, 4.69) is 16.7 Å². The van der Waals surface area contributed by atoms with E-state index in [0.717, 1.165) is 12.0 Å². The van der Waals surface area contributed by atoms with Crippen LogP contribution in [0.3, 0.4) is 0 Å². The molecule has 2 heterocycles. The number of rotatable bonds is 4. The third-order valence-corrected chi connectivity index (χ3v) is 3.26. The predicted molar refractivity (Wildman–Crippen MR) is 73.7 cm³/mol. The Labute approximate surface area is 115 Å². The van der Waals surface area contributed by atoms with Gasteiger partial charge >= 0.3 is 5.97 Å². The number of halogens is 1. The number of carboxylic acids is 1. The summed E-state index contributed by atoms with van der Waals surface area (Å²) in [4.78, 5) is 15.4. The lowest BCUT2D eigenvalue weighted by molar-refractivity contribution is 0.0696. The van der Waals surface area contributed by atoms with E-state index in [1.807, 2.05) is 6.92 Å². The van der Waals surface area contributed by atoms with Gasteiger partial charge in [0, 0.05) is 6.54 Å². The summed E-state index contributed by atoms with van der Waals surface area (Å²) in [6.45, 7) is 8.06. The minimum Gasteiger partial charge on any atom is -0.478 e. The summed E-state index contributed by atoms with van der Waals surface area (Å²) in [7, 11) is 0. The molecule has 0 aromatic carbocycles. The smallest absolute Gasteiger partial charge is 0.339 e. The van der Waals surface area contributed by atoms with Crippen LogP contribution in [0.25, 0.3) is 11.0 Å². The molecule has 2 aromatic heterocycles. The molecule has 0 aliphatic rings. The molecule has 6 heteroatoms. The summed E-state index contributed by atoms with van der Waals surface area (Å²) in [5.74, 6) is -1.08. The van der Waals surface area contributed by atoms with Gasteiger partial charge in [-0.05, 0) is 20.3 Å². The van der Waals surface area contributed by atoms with Crippen LogP contribution in [0, 0.1) is 6.92 Å². The Morgan fingerprint density at radius 3 is 2.84 bits per heavy atom. The van der Waals surface area contributed by atoms with Crippen molar-refractivity contribution in [1.82, 2.24) is 14.8 Å². The maximum atomic E-state index is 11.1. The van der Waals surface area contributed by atoms with E-state index in [4.69, 9.17) is 16.7 Å². The lowest BCUT2D eigenvalue weighted by atomic mass is 10.1. The highest BCUT2D eigenvalue weighted by atomic mass is 35.5. The lowest BCUT2D eigenvalue weighted by Crippen LogP contribution is -2.06. The fourth-order valence-electron chi connectivity index (χ4n) is 1.87. The van der Waals surface area contributed by atoms with Crippen LogP contribution in [0.2, 0.25) is 5.02 Å².